The van der Waals surface area contributed by atoms with E-state index in [4.69, 9.17) is 16.3 Å². The van der Waals surface area contributed by atoms with Crippen LogP contribution in [0, 0.1) is 11.6 Å². The summed E-state index contributed by atoms with van der Waals surface area (Å²) in [4.78, 5) is 11.8. The highest BCUT2D eigenvalue weighted by Gasteiger charge is 2.21. The standard InChI is InChI=1S/C15H13ClF2N2O2/c1-3-12-13(15(21)22-4-2)19-20(14(12)16)8-9-5-10(17)7-11(18)6-9/h3,5-7H,1,4,8H2,2H3. The van der Waals surface area contributed by atoms with Crippen molar-refractivity contribution in [2.75, 3.05) is 6.61 Å². The summed E-state index contributed by atoms with van der Waals surface area (Å²) in [5.74, 6) is -2.04. The molecule has 0 N–H and O–H groups in total. The third-order valence-electron chi connectivity index (χ3n) is 2.85. The normalized spacial score (nSPS) is 10.5. The van der Waals surface area contributed by atoms with E-state index in [1.54, 1.807) is 6.92 Å². The van der Waals surface area contributed by atoms with Gasteiger partial charge in [-0.05, 0) is 24.6 Å². The summed E-state index contributed by atoms with van der Waals surface area (Å²) in [5.41, 5.74) is 0.656. The molecule has 0 radical (unpaired) electrons. The van der Waals surface area contributed by atoms with Gasteiger partial charge in [-0.25, -0.2) is 18.3 Å². The summed E-state index contributed by atoms with van der Waals surface area (Å²) in [7, 11) is 0. The molecule has 1 aromatic carbocycles. The van der Waals surface area contributed by atoms with Gasteiger partial charge in [0, 0.05) is 11.6 Å². The number of hydrogen-bond donors (Lipinski definition) is 0. The van der Waals surface area contributed by atoms with E-state index in [0.29, 0.717) is 11.1 Å². The number of esters is 1. The summed E-state index contributed by atoms with van der Waals surface area (Å²) in [6.45, 7) is 5.44. The highest BCUT2D eigenvalue weighted by atomic mass is 35.5. The second kappa shape index (κ2) is 6.70. The van der Waals surface area contributed by atoms with Crippen LogP contribution >= 0.6 is 11.6 Å². The topological polar surface area (TPSA) is 44.1 Å². The van der Waals surface area contributed by atoms with Gasteiger partial charge in [-0.3, -0.25) is 0 Å². The molecule has 22 heavy (non-hydrogen) atoms. The van der Waals surface area contributed by atoms with Gasteiger partial charge < -0.3 is 4.74 Å². The number of benzene rings is 1. The maximum atomic E-state index is 13.2. The number of ether oxygens (including phenoxy) is 1. The van der Waals surface area contributed by atoms with Crippen molar-refractivity contribution >= 4 is 23.6 Å². The summed E-state index contributed by atoms with van der Waals surface area (Å²) in [5, 5.41) is 4.19. The van der Waals surface area contributed by atoms with Gasteiger partial charge in [0.2, 0.25) is 0 Å². The van der Waals surface area contributed by atoms with Crippen LogP contribution in [0.1, 0.15) is 28.5 Å². The summed E-state index contributed by atoms with van der Waals surface area (Å²) < 4.78 is 32.6. The largest absolute Gasteiger partial charge is 0.461 e. The molecule has 4 nitrogen and oxygen atoms in total. The molecule has 116 valence electrons. The Labute approximate surface area is 131 Å². The zero-order valence-corrected chi connectivity index (χ0v) is 12.5. The smallest absolute Gasteiger partial charge is 0.359 e. The Morgan fingerprint density at radius 2 is 2.05 bits per heavy atom. The van der Waals surface area contributed by atoms with Crippen molar-refractivity contribution < 1.29 is 18.3 Å². The molecule has 0 amide bonds. The fourth-order valence-corrected chi connectivity index (χ4v) is 2.23. The average Bonchev–Trinajstić information content (AvgIpc) is 2.74. The summed E-state index contributed by atoms with van der Waals surface area (Å²) in [6, 6.07) is 3.10. The number of nitrogens with zero attached hydrogens (tertiary/aromatic N) is 2. The van der Waals surface area contributed by atoms with Crippen molar-refractivity contribution in [1.29, 1.82) is 0 Å². The van der Waals surface area contributed by atoms with Crippen LogP contribution in [-0.2, 0) is 11.3 Å². The SMILES string of the molecule is C=Cc1c(C(=O)OCC)nn(Cc2cc(F)cc(F)c2)c1Cl. The molecule has 0 unspecified atom stereocenters. The number of halogens is 3. The minimum Gasteiger partial charge on any atom is -0.461 e. The lowest BCUT2D eigenvalue weighted by Crippen LogP contribution is -2.09. The van der Waals surface area contributed by atoms with Crippen molar-refractivity contribution in [1.82, 2.24) is 9.78 Å². The van der Waals surface area contributed by atoms with Gasteiger partial charge in [-0.1, -0.05) is 24.3 Å². The van der Waals surface area contributed by atoms with Crippen LogP contribution in [0.4, 0.5) is 8.78 Å². The molecular formula is C15H13ClF2N2O2. The molecule has 0 spiro atoms. The van der Waals surface area contributed by atoms with Crippen LogP contribution < -0.4 is 0 Å². The average molecular weight is 327 g/mol. The van der Waals surface area contributed by atoms with Crippen LogP contribution in [0.2, 0.25) is 5.15 Å². The maximum absolute atomic E-state index is 13.2. The molecule has 0 saturated carbocycles. The first-order valence-electron chi connectivity index (χ1n) is 6.47. The molecule has 0 aliphatic heterocycles. The molecule has 2 aromatic rings. The predicted octanol–water partition coefficient (Wildman–Crippen LogP) is 3.68. The number of rotatable bonds is 5. The third kappa shape index (κ3) is 3.33. The van der Waals surface area contributed by atoms with Crippen LogP contribution in [0.25, 0.3) is 6.08 Å². The summed E-state index contributed by atoms with van der Waals surface area (Å²) >= 11 is 6.14. The van der Waals surface area contributed by atoms with Gasteiger partial charge in [-0.15, -0.1) is 0 Å². The minimum absolute atomic E-state index is 0.00770. The van der Waals surface area contributed by atoms with E-state index >= 15 is 0 Å². The summed E-state index contributed by atoms with van der Waals surface area (Å²) in [6.07, 6.45) is 1.38. The first kappa shape index (κ1) is 16.2. The van der Waals surface area contributed by atoms with Crippen LogP contribution in [0.15, 0.2) is 24.8 Å². The molecule has 1 aromatic heterocycles. The van der Waals surface area contributed by atoms with Gasteiger partial charge in [-0.2, -0.15) is 5.10 Å². The Morgan fingerprint density at radius 1 is 1.41 bits per heavy atom. The lowest BCUT2D eigenvalue weighted by molar-refractivity contribution is 0.0518. The molecule has 1 heterocycles. The van der Waals surface area contributed by atoms with Crippen LogP contribution in [0.5, 0.6) is 0 Å². The Morgan fingerprint density at radius 3 is 2.59 bits per heavy atom. The number of carbonyl (C=O) groups is 1. The van der Waals surface area contributed by atoms with Gasteiger partial charge in [0.05, 0.1) is 13.2 Å². The molecule has 0 fully saturated rings. The van der Waals surface area contributed by atoms with Crippen molar-refractivity contribution in [2.24, 2.45) is 0 Å². The zero-order chi connectivity index (χ0) is 16.3. The minimum atomic E-state index is -0.701. The van der Waals surface area contributed by atoms with Crippen molar-refractivity contribution in [3.63, 3.8) is 0 Å². The predicted molar refractivity (Wildman–Crippen MR) is 78.7 cm³/mol. The fraction of sp³-hybridized carbons (Fsp3) is 0.200. The molecule has 0 saturated heterocycles. The first-order valence-corrected chi connectivity index (χ1v) is 6.84. The monoisotopic (exact) mass is 326 g/mol. The first-order chi connectivity index (χ1) is 10.5. The van der Waals surface area contributed by atoms with Crippen molar-refractivity contribution in [2.45, 2.75) is 13.5 Å². The molecule has 0 aliphatic rings. The number of hydrogen-bond acceptors (Lipinski definition) is 3. The molecule has 0 bridgehead atoms. The van der Waals surface area contributed by atoms with E-state index in [1.165, 1.54) is 22.9 Å². The second-order valence-electron chi connectivity index (χ2n) is 4.41. The fourth-order valence-electron chi connectivity index (χ4n) is 1.97. The van der Waals surface area contributed by atoms with E-state index in [-0.39, 0.29) is 24.0 Å². The number of aromatic nitrogens is 2. The Hall–Kier alpha value is -2.21. The van der Waals surface area contributed by atoms with E-state index < -0.39 is 17.6 Å². The highest BCUT2D eigenvalue weighted by Crippen LogP contribution is 2.23. The molecule has 2 rings (SSSR count). The van der Waals surface area contributed by atoms with E-state index in [9.17, 15) is 13.6 Å². The maximum Gasteiger partial charge on any atom is 0.359 e. The van der Waals surface area contributed by atoms with Gasteiger partial charge >= 0.3 is 5.97 Å². The molecule has 0 aliphatic carbocycles. The van der Waals surface area contributed by atoms with E-state index in [1.807, 2.05) is 0 Å². The molecular weight excluding hydrogens is 314 g/mol. The number of carbonyl (C=O) groups excluding carboxylic acids is 1. The lowest BCUT2D eigenvalue weighted by atomic mass is 10.2. The Bertz CT molecular complexity index is 708. The molecule has 7 heteroatoms. The van der Waals surface area contributed by atoms with Crippen LogP contribution in [-0.4, -0.2) is 22.4 Å². The van der Waals surface area contributed by atoms with Gasteiger partial charge in [0.1, 0.15) is 16.8 Å². The quantitative estimate of drug-likeness (QED) is 0.787. The van der Waals surface area contributed by atoms with Crippen LogP contribution in [0.3, 0.4) is 0 Å². The van der Waals surface area contributed by atoms with E-state index in [2.05, 4.69) is 11.7 Å². The van der Waals surface area contributed by atoms with E-state index in [0.717, 1.165) is 6.07 Å². The Kier molecular flexibility index (Phi) is 4.92. The molecule has 0 atom stereocenters. The second-order valence-corrected chi connectivity index (χ2v) is 4.77. The third-order valence-corrected chi connectivity index (χ3v) is 3.25. The van der Waals surface area contributed by atoms with Gasteiger partial charge in [0.15, 0.2) is 5.69 Å². The van der Waals surface area contributed by atoms with Crippen molar-refractivity contribution in [3.8, 4) is 0 Å². The zero-order valence-electron chi connectivity index (χ0n) is 11.8. The van der Waals surface area contributed by atoms with Gasteiger partial charge in [0.25, 0.3) is 0 Å². The lowest BCUT2D eigenvalue weighted by Gasteiger charge is -2.04. The van der Waals surface area contributed by atoms with Crippen molar-refractivity contribution in [3.05, 3.63) is 58.4 Å². The Balaban J connectivity index is 2.39. The highest BCUT2D eigenvalue weighted by molar-refractivity contribution is 6.31.